The van der Waals surface area contributed by atoms with E-state index in [2.05, 4.69) is 31.4 Å². The van der Waals surface area contributed by atoms with Gasteiger partial charge in [-0.05, 0) is 54.7 Å². The van der Waals surface area contributed by atoms with Crippen molar-refractivity contribution in [2.75, 3.05) is 0 Å². The average Bonchev–Trinajstić information content (AvgIpc) is 2.60. The van der Waals surface area contributed by atoms with Gasteiger partial charge < -0.3 is 16.4 Å². The molecule has 1 saturated carbocycles. The molecule has 1 atom stereocenters. The van der Waals surface area contributed by atoms with E-state index in [0.717, 1.165) is 25.7 Å². The summed E-state index contributed by atoms with van der Waals surface area (Å²) in [6, 6.07) is 7.46. The number of hydrogen-bond acceptors (Lipinski definition) is 3. The zero-order chi connectivity index (χ0) is 20.2. The summed E-state index contributed by atoms with van der Waals surface area (Å²) < 4.78 is 0. The zero-order valence-electron chi connectivity index (χ0n) is 17.3. The summed E-state index contributed by atoms with van der Waals surface area (Å²) in [5.74, 6) is -0.311. The lowest BCUT2D eigenvalue weighted by molar-refractivity contribution is -0.124. The normalized spacial score (nSPS) is 21.6. The van der Waals surface area contributed by atoms with Crippen LogP contribution in [0.15, 0.2) is 24.3 Å². The van der Waals surface area contributed by atoms with Crippen molar-refractivity contribution in [3.05, 3.63) is 35.4 Å². The Kier molecular flexibility index (Phi) is 7.04. The van der Waals surface area contributed by atoms with Crippen LogP contribution in [-0.4, -0.2) is 29.9 Å². The molecule has 2 rings (SSSR count). The minimum atomic E-state index is -0.546. The number of carbonyl (C=O) groups is 2. The zero-order valence-corrected chi connectivity index (χ0v) is 17.3. The highest BCUT2D eigenvalue weighted by Crippen LogP contribution is 2.22. The Labute approximate surface area is 163 Å². The van der Waals surface area contributed by atoms with E-state index in [9.17, 15) is 9.59 Å². The van der Waals surface area contributed by atoms with E-state index in [0.29, 0.717) is 5.56 Å². The van der Waals surface area contributed by atoms with Gasteiger partial charge in [0.25, 0.3) is 5.91 Å². The highest BCUT2D eigenvalue weighted by Gasteiger charge is 2.28. The third-order valence-electron chi connectivity index (χ3n) is 5.37. The first-order chi connectivity index (χ1) is 12.6. The Hall–Kier alpha value is -1.88. The van der Waals surface area contributed by atoms with Gasteiger partial charge in [0.2, 0.25) is 5.91 Å². The molecule has 0 heterocycles. The molecule has 0 aromatic heterocycles. The highest BCUT2D eigenvalue weighted by atomic mass is 16.2. The van der Waals surface area contributed by atoms with Gasteiger partial charge in [-0.1, -0.05) is 46.8 Å². The maximum absolute atomic E-state index is 12.7. The summed E-state index contributed by atoms with van der Waals surface area (Å²) >= 11 is 0. The van der Waals surface area contributed by atoms with Crippen molar-refractivity contribution in [1.29, 1.82) is 0 Å². The van der Waals surface area contributed by atoms with E-state index in [1.54, 1.807) is 0 Å². The summed E-state index contributed by atoms with van der Waals surface area (Å²) in [4.78, 5) is 25.4. The van der Waals surface area contributed by atoms with Crippen LogP contribution in [0.25, 0.3) is 0 Å². The van der Waals surface area contributed by atoms with Crippen LogP contribution in [-0.2, 0) is 10.2 Å². The largest absolute Gasteiger partial charge is 0.352 e. The monoisotopic (exact) mass is 373 g/mol. The summed E-state index contributed by atoms with van der Waals surface area (Å²) in [6.45, 7) is 10.3. The smallest absolute Gasteiger partial charge is 0.251 e. The number of carbonyl (C=O) groups excluding carboxylic acids is 2. The minimum absolute atomic E-state index is 0.00801. The van der Waals surface area contributed by atoms with Crippen LogP contribution < -0.4 is 16.4 Å². The van der Waals surface area contributed by atoms with Crippen LogP contribution in [0.2, 0.25) is 0 Å². The summed E-state index contributed by atoms with van der Waals surface area (Å²) in [5, 5.41) is 6.01. The van der Waals surface area contributed by atoms with Gasteiger partial charge >= 0.3 is 0 Å². The van der Waals surface area contributed by atoms with E-state index in [4.69, 9.17) is 5.73 Å². The van der Waals surface area contributed by atoms with Gasteiger partial charge in [0, 0.05) is 17.6 Å². The molecule has 1 aromatic rings. The molecule has 1 fully saturated rings. The molecule has 1 aromatic carbocycles. The van der Waals surface area contributed by atoms with Crippen LogP contribution in [0.4, 0.5) is 0 Å². The van der Waals surface area contributed by atoms with Gasteiger partial charge in [-0.25, -0.2) is 0 Å². The molecule has 2 amide bonds. The van der Waals surface area contributed by atoms with Gasteiger partial charge in [-0.2, -0.15) is 0 Å². The van der Waals surface area contributed by atoms with Gasteiger partial charge in [-0.3, -0.25) is 9.59 Å². The Balaban J connectivity index is 2.00. The molecule has 5 heteroatoms. The lowest BCUT2D eigenvalue weighted by Crippen LogP contribution is -2.53. The number of amides is 2. The predicted octanol–water partition coefficient (Wildman–Crippen LogP) is 3.12. The predicted molar refractivity (Wildman–Crippen MR) is 110 cm³/mol. The molecule has 0 spiro atoms. The Bertz CT molecular complexity index is 639. The molecule has 0 saturated heterocycles. The van der Waals surface area contributed by atoms with Crippen LogP contribution >= 0.6 is 0 Å². The number of nitrogens with one attached hydrogen (secondary N) is 2. The lowest BCUT2D eigenvalue weighted by atomic mass is 9.86. The van der Waals surface area contributed by atoms with Crippen LogP contribution in [0.3, 0.4) is 0 Å². The van der Waals surface area contributed by atoms with Crippen molar-refractivity contribution in [2.45, 2.75) is 83.8 Å². The van der Waals surface area contributed by atoms with Gasteiger partial charge in [0.05, 0.1) is 0 Å². The summed E-state index contributed by atoms with van der Waals surface area (Å²) in [5.41, 5.74) is 7.72. The quantitative estimate of drug-likeness (QED) is 0.741. The SMILES string of the molecule is CC(C)C(NC(=O)c1ccc(C(C)(C)C)cc1)C(=O)NC1CCC(N)CC1. The molecule has 27 heavy (non-hydrogen) atoms. The fourth-order valence-corrected chi connectivity index (χ4v) is 3.44. The fourth-order valence-electron chi connectivity index (χ4n) is 3.44. The maximum atomic E-state index is 12.7. The average molecular weight is 374 g/mol. The van der Waals surface area contributed by atoms with E-state index in [1.807, 2.05) is 38.1 Å². The van der Waals surface area contributed by atoms with Gasteiger partial charge in [0.15, 0.2) is 0 Å². The third-order valence-corrected chi connectivity index (χ3v) is 5.37. The third kappa shape index (κ3) is 6.06. The highest BCUT2D eigenvalue weighted by molar-refractivity contribution is 5.97. The van der Waals surface area contributed by atoms with Crippen LogP contribution in [0.5, 0.6) is 0 Å². The van der Waals surface area contributed by atoms with Crippen LogP contribution in [0, 0.1) is 5.92 Å². The molecule has 0 aliphatic heterocycles. The van der Waals surface area contributed by atoms with Crippen molar-refractivity contribution < 1.29 is 9.59 Å². The van der Waals surface area contributed by atoms with E-state index < -0.39 is 6.04 Å². The first-order valence-corrected chi connectivity index (χ1v) is 10.1. The number of nitrogens with two attached hydrogens (primary N) is 1. The molecular formula is C22H35N3O2. The molecule has 0 bridgehead atoms. The topological polar surface area (TPSA) is 84.2 Å². The van der Waals surface area contributed by atoms with Crippen molar-refractivity contribution in [3.8, 4) is 0 Å². The second-order valence-electron chi connectivity index (χ2n) is 9.14. The standard InChI is InChI=1S/C22H35N3O2/c1-14(2)19(21(27)24-18-12-10-17(23)11-13-18)25-20(26)15-6-8-16(9-7-15)22(3,4)5/h6-9,14,17-19H,10-13,23H2,1-5H3,(H,24,27)(H,25,26). The minimum Gasteiger partial charge on any atom is -0.352 e. The molecule has 1 unspecified atom stereocenters. The van der Waals surface area contributed by atoms with E-state index >= 15 is 0 Å². The molecule has 5 nitrogen and oxygen atoms in total. The molecule has 0 radical (unpaired) electrons. The number of rotatable bonds is 5. The summed E-state index contributed by atoms with van der Waals surface area (Å²) in [7, 11) is 0. The molecule has 1 aliphatic carbocycles. The first-order valence-electron chi connectivity index (χ1n) is 10.1. The van der Waals surface area contributed by atoms with Crippen molar-refractivity contribution in [2.24, 2.45) is 11.7 Å². The first kappa shape index (κ1) is 21.4. The fraction of sp³-hybridized carbons (Fsp3) is 0.636. The van der Waals surface area contributed by atoms with E-state index in [1.165, 1.54) is 5.56 Å². The summed E-state index contributed by atoms with van der Waals surface area (Å²) in [6.07, 6.45) is 3.67. The Morgan fingerprint density at radius 3 is 2.07 bits per heavy atom. The lowest BCUT2D eigenvalue weighted by Gasteiger charge is -2.29. The van der Waals surface area contributed by atoms with Crippen LogP contribution in [0.1, 0.15) is 76.2 Å². The van der Waals surface area contributed by atoms with Crippen molar-refractivity contribution in [3.63, 3.8) is 0 Å². The second kappa shape index (κ2) is 8.87. The number of benzene rings is 1. The maximum Gasteiger partial charge on any atom is 0.251 e. The number of hydrogen-bond donors (Lipinski definition) is 3. The van der Waals surface area contributed by atoms with Crippen molar-refractivity contribution in [1.82, 2.24) is 10.6 Å². The van der Waals surface area contributed by atoms with Gasteiger partial charge in [-0.15, -0.1) is 0 Å². The van der Waals surface area contributed by atoms with E-state index in [-0.39, 0.29) is 35.2 Å². The Morgan fingerprint density at radius 2 is 1.59 bits per heavy atom. The van der Waals surface area contributed by atoms with Crippen molar-refractivity contribution >= 4 is 11.8 Å². The molecule has 1 aliphatic rings. The second-order valence-corrected chi connectivity index (χ2v) is 9.14. The molecular weight excluding hydrogens is 338 g/mol. The Morgan fingerprint density at radius 1 is 1.04 bits per heavy atom. The molecule has 4 N–H and O–H groups in total. The van der Waals surface area contributed by atoms with Gasteiger partial charge in [0.1, 0.15) is 6.04 Å². The molecule has 150 valence electrons.